The second-order valence-electron chi connectivity index (χ2n) is 6.59. The second-order valence-corrected chi connectivity index (χ2v) is 7.57. The lowest BCUT2D eigenvalue weighted by Gasteiger charge is -2.31. The van der Waals surface area contributed by atoms with Crippen LogP contribution in [0.15, 0.2) is 47.9 Å². The maximum Gasteiger partial charge on any atom is 0.246 e. The molecule has 0 spiro atoms. The molecule has 26 heavy (non-hydrogen) atoms. The number of carbonyl (C=O) groups is 1. The number of hydrogen-bond donors (Lipinski definition) is 0. The highest BCUT2D eigenvalue weighted by atomic mass is 32.1. The minimum Gasteiger partial charge on any atom is -0.377 e. The van der Waals surface area contributed by atoms with Crippen LogP contribution >= 0.6 is 11.3 Å². The van der Waals surface area contributed by atoms with Crippen molar-refractivity contribution in [3.63, 3.8) is 0 Å². The number of halogens is 1. The lowest BCUT2D eigenvalue weighted by atomic mass is 9.94. The fourth-order valence-electron chi connectivity index (χ4n) is 3.15. The van der Waals surface area contributed by atoms with Crippen LogP contribution in [0.3, 0.4) is 0 Å². The van der Waals surface area contributed by atoms with Crippen molar-refractivity contribution in [1.82, 2.24) is 4.90 Å². The number of thiophene rings is 1. The molecule has 1 aliphatic rings. The van der Waals surface area contributed by atoms with E-state index in [1.807, 2.05) is 34.6 Å². The predicted molar refractivity (Wildman–Crippen MR) is 103 cm³/mol. The first-order chi connectivity index (χ1) is 12.7. The summed E-state index contributed by atoms with van der Waals surface area (Å²) >= 11 is 1.63. The number of benzene rings is 1. The molecule has 1 aromatic carbocycles. The Hall–Kier alpha value is -1.98. The van der Waals surface area contributed by atoms with Gasteiger partial charge in [0.25, 0.3) is 0 Å². The fraction of sp³-hybridized carbons (Fsp3) is 0.381. The molecular formula is C21H24FNO2S. The van der Waals surface area contributed by atoms with Crippen molar-refractivity contribution in [3.05, 3.63) is 64.1 Å². The van der Waals surface area contributed by atoms with E-state index in [4.69, 9.17) is 4.74 Å². The maximum atomic E-state index is 13.1. The minimum absolute atomic E-state index is 0.0965. The van der Waals surface area contributed by atoms with Crippen LogP contribution in [0.1, 0.15) is 29.7 Å². The standard InChI is InChI=1S/C21H24FNO2S/c22-19-4-1-3-18(15-19)16-25-13-10-17-8-11-23(12-9-17)21(24)7-6-20-5-2-14-26-20/h1-7,14-15,17H,8-13,16H2/b7-6+. The highest BCUT2D eigenvalue weighted by Crippen LogP contribution is 2.21. The molecular weight excluding hydrogens is 349 g/mol. The highest BCUT2D eigenvalue weighted by Gasteiger charge is 2.21. The molecule has 1 amide bonds. The Morgan fingerprint density at radius 3 is 2.85 bits per heavy atom. The Morgan fingerprint density at radius 2 is 2.12 bits per heavy atom. The zero-order valence-electron chi connectivity index (χ0n) is 14.8. The van der Waals surface area contributed by atoms with E-state index in [0.717, 1.165) is 42.8 Å². The normalized spacial score (nSPS) is 15.7. The van der Waals surface area contributed by atoms with Crippen molar-refractivity contribution in [2.45, 2.75) is 25.9 Å². The van der Waals surface area contributed by atoms with Gasteiger partial charge in [-0.15, -0.1) is 11.3 Å². The van der Waals surface area contributed by atoms with Gasteiger partial charge in [-0.05, 0) is 60.4 Å². The van der Waals surface area contributed by atoms with Gasteiger partial charge >= 0.3 is 0 Å². The van der Waals surface area contributed by atoms with E-state index >= 15 is 0 Å². The predicted octanol–water partition coefficient (Wildman–Crippen LogP) is 4.75. The Kier molecular flexibility index (Phi) is 6.97. The first-order valence-electron chi connectivity index (χ1n) is 9.03. The van der Waals surface area contributed by atoms with Crippen LogP contribution in [0.2, 0.25) is 0 Å². The first kappa shape index (κ1) is 18.8. The molecule has 3 nitrogen and oxygen atoms in total. The van der Waals surface area contributed by atoms with Crippen molar-refractivity contribution >= 4 is 23.3 Å². The van der Waals surface area contributed by atoms with E-state index in [-0.39, 0.29) is 11.7 Å². The Labute approximate surface area is 158 Å². The number of ether oxygens (including phenoxy) is 1. The third-order valence-corrected chi connectivity index (χ3v) is 5.53. The van der Waals surface area contributed by atoms with Crippen molar-refractivity contribution in [1.29, 1.82) is 0 Å². The minimum atomic E-state index is -0.226. The number of likely N-dealkylation sites (tertiary alicyclic amines) is 1. The van der Waals surface area contributed by atoms with E-state index in [9.17, 15) is 9.18 Å². The van der Waals surface area contributed by atoms with Gasteiger partial charge in [0.2, 0.25) is 5.91 Å². The molecule has 1 saturated heterocycles. The van der Waals surface area contributed by atoms with Gasteiger partial charge in [0.05, 0.1) is 6.61 Å². The van der Waals surface area contributed by atoms with E-state index in [1.165, 1.54) is 12.1 Å². The number of hydrogen-bond acceptors (Lipinski definition) is 3. The third-order valence-electron chi connectivity index (χ3n) is 4.69. The molecule has 5 heteroatoms. The van der Waals surface area contributed by atoms with Crippen molar-refractivity contribution in [3.8, 4) is 0 Å². The fourth-order valence-corrected chi connectivity index (χ4v) is 3.77. The highest BCUT2D eigenvalue weighted by molar-refractivity contribution is 7.10. The summed E-state index contributed by atoms with van der Waals surface area (Å²) in [6, 6.07) is 10.5. The number of amides is 1. The quantitative estimate of drug-likeness (QED) is 0.518. The van der Waals surface area contributed by atoms with Gasteiger partial charge in [0, 0.05) is 30.6 Å². The van der Waals surface area contributed by atoms with E-state index < -0.39 is 0 Å². The zero-order chi connectivity index (χ0) is 18.2. The molecule has 1 fully saturated rings. The van der Waals surface area contributed by atoms with E-state index in [0.29, 0.717) is 19.1 Å². The molecule has 3 rings (SSSR count). The van der Waals surface area contributed by atoms with Gasteiger partial charge in [-0.3, -0.25) is 4.79 Å². The summed E-state index contributed by atoms with van der Waals surface area (Å²) in [6.07, 6.45) is 6.58. The maximum absolute atomic E-state index is 13.1. The summed E-state index contributed by atoms with van der Waals surface area (Å²) in [6.45, 7) is 2.74. The molecule has 0 aliphatic carbocycles. The Morgan fingerprint density at radius 1 is 1.27 bits per heavy atom. The second kappa shape index (κ2) is 9.64. The van der Waals surface area contributed by atoms with Crippen LogP contribution in [0.25, 0.3) is 6.08 Å². The Balaban J connectivity index is 1.33. The van der Waals surface area contributed by atoms with Crippen molar-refractivity contribution in [2.75, 3.05) is 19.7 Å². The lowest BCUT2D eigenvalue weighted by Crippen LogP contribution is -2.37. The van der Waals surface area contributed by atoms with Crippen LogP contribution in [-0.4, -0.2) is 30.5 Å². The molecule has 0 N–H and O–H groups in total. The molecule has 0 saturated carbocycles. The summed E-state index contributed by atoms with van der Waals surface area (Å²) in [5.74, 6) is 0.461. The van der Waals surface area contributed by atoms with Crippen LogP contribution in [0.5, 0.6) is 0 Å². The molecule has 0 unspecified atom stereocenters. The van der Waals surface area contributed by atoms with Crippen LogP contribution in [0, 0.1) is 11.7 Å². The molecule has 1 aromatic heterocycles. The molecule has 0 bridgehead atoms. The van der Waals surface area contributed by atoms with Crippen molar-refractivity contribution < 1.29 is 13.9 Å². The van der Waals surface area contributed by atoms with Gasteiger partial charge in [-0.2, -0.15) is 0 Å². The largest absolute Gasteiger partial charge is 0.377 e. The molecule has 138 valence electrons. The van der Waals surface area contributed by atoms with Crippen molar-refractivity contribution in [2.24, 2.45) is 5.92 Å². The summed E-state index contributed by atoms with van der Waals surface area (Å²) in [5, 5.41) is 2.01. The zero-order valence-corrected chi connectivity index (χ0v) is 15.6. The van der Waals surface area contributed by atoms with E-state index in [1.54, 1.807) is 23.5 Å². The average molecular weight is 373 g/mol. The average Bonchev–Trinajstić information content (AvgIpc) is 3.17. The number of piperidine rings is 1. The topological polar surface area (TPSA) is 29.5 Å². The number of nitrogens with zero attached hydrogens (tertiary/aromatic N) is 1. The van der Waals surface area contributed by atoms with Crippen LogP contribution < -0.4 is 0 Å². The molecule has 1 aliphatic heterocycles. The summed E-state index contributed by atoms with van der Waals surface area (Å²) < 4.78 is 18.8. The number of rotatable bonds is 7. The van der Waals surface area contributed by atoms with Gasteiger partial charge in [0.1, 0.15) is 5.82 Å². The summed E-state index contributed by atoms with van der Waals surface area (Å²) in [4.78, 5) is 15.3. The summed E-state index contributed by atoms with van der Waals surface area (Å²) in [5.41, 5.74) is 0.864. The van der Waals surface area contributed by atoms with E-state index in [2.05, 4.69) is 0 Å². The smallest absolute Gasteiger partial charge is 0.246 e. The first-order valence-corrected chi connectivity index (χ1v) is 9.91. The summed E-state index contributed by atoms with van der Waals surface area (Å²) in [7, 11) is 0. The number of carbonyl (C=O) groups excluding carboxylic acids is 1. The monoisotopic (exact) mass is 373 g/mol. The van der Waals surface area contributed by atoms with Gasteiger partial charge < -0.3 is 9.64 Å². The molecule has 2 heterocycles. The Bertz CT molecular complexity index is 721. The molecule has 2 aromatic rings. The van der Waals surface area contributed by atoms with Crippen LogP contribution in [0.4, 0.5) is 4.39 Å². The van der Waals surface area contributed by atoms with Gasteiger partial charge in [0.15, 0.2) is 0 Å². The third kappa shape index (κ3) is 5.78. The van der Waals surface area contributed by atoms with Crippen LogP contribution in [-0.2, 0) is 16.1 Å². The molecule has 0 atom stereocenters. The van der Waals surface area contributed by atoms with Gasteiger partial charge in [-0.25, -0.2) is 4.39 Å². The SMILES string of the molecule is O=C(/C=C/c1cccs1)N1CCC(CCOCc2cccc(F)c2)CC1. The molecule has 0 radical (unpaired) electrons. The lowest BCUT2D eigenvalue weighted by molar-refractivity contribution is -0.127. The van der Waals surface area contributed by atoms with Gasteiger partial charge in [-0.1, -0.05) is 18.2 Å².